The fourth-order valence-corrected chi connectivity index (χ4v) is 4.02. The molecule has 2 aromatic heterocycles. The molecule has 6 heteroatoms. The molecule has 0 bridgehead atoms. The van der Waals surface area contributed by atoms with Gasteiger partial charge in [-0.05, 0) is 97.6 Å². The Morgan fingerprint density at radius 3 is 2.65 bits per heavy atom. The van der Waals surface area contributed by atoms with Crippen molar-refractivity contribution >= 4 is 50.5 Å². The minimum Gasteiger partial charge on any atom is -0.398 e. The number of aryl methyl sites for hydroxylation is 1. The number of aromatic nitrogens is 2. The Morgan fingerprint density at radius 2 is 2.00 bits per heavy atom. The van der Waals surface area contributed by atoms with Crippen molar-refractivity contribution in [2.75, 3.05) is 26.4 Å². The summed E-state index contributed by atoms with van der Waals surface area (Å²) in [5.41, 5.74) is 14.0. The Labute approximate surface area is 197 Å². The van der Waals surface area contributed by atoms with Gasteiger partial charge in [0.25, 0.3) is 0 Å². The molecule has 0 amide bonds. The summed E-state index contributed by atoms with van der Waals surface area (Å²) in [5.74, 6) is 0. The van der Waals surface area contributed by atoms with E-state index in [9.17, 15) is 0 Å². The summed E-state index contributed by atoms with van der Waals surface area (Å²) in [4.78, 5) is 9.57. The third kappa shape index (κ3) is 5.51. The summed E-state index contributed by atoms with van der Waals surface area (Å²) in [7, 11) is 4.11. The minimum atomic E-state index is 0.358. The zero-order chi connectivity index (χ0) is 22.7. The number of H-pyrrole nitrogens is 1. The summed E-state index contributed by atoms with van der Waals surface area (Å²) in [6.07, 6.45) is 7.77. The van der Waals surface area contributed by atoms with Gasteiger partial charge in [-0.1, -0.05) is 18.2 Å². The van der Waals surface area contributed by atoms with Crippen LogP contribution in [0.2, 0.25) is 0 Å². The number of benzene rings is 1. The molecule has 0 atom stereocenters. The van der Waals surface area contributed by atoms with Crippen molar-refractivity contribution in [1.29, 1.82) is 5.41 Å². The lowest BCUT2D eigenvalue weighted by molar-refractivity contribution is 0.445. The van der Waals surface area contributed by atoms with Crippen LogP contribution in [0, 0.1) is 12.3 Å². The number of rotatable bonds is 7. The number of nitrogens with one attached hydrogen (secondary N) is 2. The van der Waals surface area contributed by atoms with E-state index in [4.69, 9.17) is 11.1 Å². The molecule has 3 aromatic rings. The molecular formula is C25H28IN5. The van der Waals surface area contributed by atoms with E-state index in [0.717, 1.165) is 37.7 Å². The predicted molar refractivity (Wildman–Crippen MR) is 141 cm³/mol. The van der Waals surface area contributed by atoms with Crippen LogP contribution in [0.4, 0.5) is 5.69 Å². The van der Waals surface area contributed by atoms with Crippen LogP contribution in [0.3, 0.4) is 0 Å². The quantitative estimate of drug-likeness (QED) is 0.160. The van der Waals surface area contributed by atoms with Crippen LogP contribution in [0.1, 0.15) is 29.3 Å². The monoisotopic (exact) mass is 525 g/mol. The van der Waals surface area contributed by atoms with Crippen LogP contribution in [0.15, 0.2) is 64.5 Å². The maximum atomic E-state index is 8.84. The van der Waals surface area contributed by atoms with Crippen molar-refractivity contribution in [3.8, 4) is 0 Å². The summed E-state index contributed by atoms with van der Waals surface area (Å²) in [6.45, 7) is 9.10. The number of pyridine rings is 1. The van der Waals surface area contributed by atoms with Gasteiger partial charge in [-0.25, -0.2) is 0 Å². The zero-order valence-corrected chi connectivity index (χ0v) is 20.5. The number of likely N-dealkylation sites (N-methyl/N-ethyl adjacent to an activating group) is 1. The van der Waals surface area contributed by atoms with Crippen molar-refractivity contribution in [3.63, 3.8) is 0 Å². The van der Waals surface area contributed by atoms with Crippen LogP contribution in [-0.2, 0) is 0 Å². The molecule has 0 fully saturated rings. The third-order valence-corrected chi connectivity index (χ3v) is 5.26. The Hall–Kier alpha value is -2.71. The fourth-order valence-electron chi connectivity index (χ4n) is 3.69. The molecule has 31 heavy (non-hydrogen) atoms. The molecule has 0 aliphatic rings. The first-order valence-corrected chi connectivity index (χ1v) is 11.0. The average Bonchev–Trinajstić information content (AvgIpc) is 3.10. The smallest absolute Gasteiger partial charge is 0.0868 e. The second-order valence-corrected chi connectivity index (χ2v) is 9.44. The number of aromatic amines is 1. The van der Waals surface area contributed by atoms with Gasteiger partial charge in [0.15, 0.2) is 0 Å². The average molecular weight is 525 g/mol. The van der Waals surface area contributed by atoms with Crippen molar-refractivity contribution in [1.82, 2.24) is 14.9 Å². The largest absolute Gasteiger partial charge is 0.398 e. The molecule has 0 unspecified atom stereocenters. The first-order valence-electron chi connectivity index (χ1n) is 9.96. The van der Waals surface area contributed by atoms with Crippen molar-refractivity contribution in [2.24, 2.45) is 0 Å². The van der Waals surface area contributed by atoms with E-state index in [1.54, 1.807) is 12.4 Å². The number of hydrogen-bond donors (Lipinski definition) is 3. The summed E-state index contributed by atoms with van der Waals surface area (Å²) < 4.78 is 0.942. The van der Waals surface area contributed by atoms with Gasteiger partial charge in [-0.15, -0.1) is 0 Å². The Kier molecular flexibility index (Phi) is 7.12. The standard InChI is InChI=1S/C25H28IN5/c1-15(14-31(4)5)8-19(10-17(3)26)20-12-21(22(27)9-16(20)2)25(28)23-11-18-6-7-29-13-24(18)30-23/h6-13,28,30H,3,14,27H2,1-2,4-5H3/b15-8+,19-10+,28-25?. The molecule has 3 rings (SSSR count). The van der Waals surface area contributed by atoms with Crippen molar-refractivity contribution < 1.29 is 0 Å². The highest BCUT2D eigenvalue weighted by Gasteiger charge is 2.15. The number of anilines is 1. The highest BCUT2D eigenvalue weighted by atomic mass is 127. The molecule has 0 saturated carbocycles. The maximum absolute atomic E-state index is 8.84. The van der Waals surface area contributed by atoms with Crippen LogP contribution >= 0.6 is 22.6 Å². The number of allylic oxidation sites excluding steroid dienone is 4. The first-order chi connectivity index (χ1) is 14.7. The molecule has 0 spiro atoms. The van der Waals surface area contributed by atoms with Gasteiger partial charge in [0, 0.05) is 33.0 Å². The second-order valence-electron chi connectivity index (χ2n) is 8.05. The highest BCUT2D eigenvalue weighted by Crippen LogP contribution is 2.30. The molecule has 0 aliphatic heterocycles. The molecule has 4 N–H and O–H groups in total. The van der Waals surface area contributed by atoms with Crippen LogP contribution in [0.25, 0.3) is 16.5 Å². The predicted octanol–water partition coefficient (Wildman–Crippen LogP) is 5.71. The zero-order valence-electron chi connectivity index (χ0n) is 18.4. The number of nitrogens with two attached hydrogens (primary N) is 1. The van der Waals surface area contributed by atoms with Gasteiger partial charge in [0.2, 0.25) is 0 Å². The summed E-state index contributed by atoms with van der Waals surface area (Å²) >= 11 is 2.23. The molecule has 5 nitrogen and oxygen atoms in total. The lowest BCUT2D eigenvalue weighted by Crippen LogP contribution is -2.14. The lowest BCUT2D eigenvalue weighted by Gasteiger charge is -2.15. The van der Waals surface area contributed by atoms with E-state index in [-0.39, 0.29) is 0 Å². The van der Waals surface area contributed by atoms with Gasteiger partial charge >= 0.3 is 0 Å². The van der Waals surface area contributed by atoms with E-state index in [2.05, 4.69) is 77.2 Å². The Balaban J connectivity index is 2.10. The van der Waals surface area contributed by atoms with Gasteiger partial charge < -0.3 is 15.6 Å². The maximum Gasteiger partial charge on any atom is 0.0868 e. The van der Waals surface area contributed by atoms with Crippen molar-refractivity contribution in [2.45, 2.75) is 13.8 Å². The Morgan fingerprint density at radius 1 is 1.26 bits per heavy atom. The number of fused-ring (bicyclic) bond motifs is 1. The molecular weight excluding hydrogens is 497 g/mol. The molecule has 160 valence electrons. The lowest BCUT2D eigenvalue weighted by atomic mass is 9.93. The van der Waals surface area contributed by atoms with E-state index < -0.39 is 0 Å². The van der Waals surface area contributed by atoms with Gasteiger partial charge in [-0.2, -0.15) is 0 Å². The minimum absolute atomic E-state index is 0.358. The normalized spacial score (nSPS) is 12.6. The van der Waals surface area contributed by atoms with Crippen LogP contribution in [0.5, 0.6) is 0 Å². The van der Waals surface area contributed by atoms with Gasteiger partial charge in [-0.3, -0.25) is 10.4 Å². The number of hydrogen-bond acceptors (Lipinski definition) is 4. The van der Waals surface area contributed by atoms with E-state index in [0.29, 0.717) is 22.7 Å². The summed E-state index contributed by atoms with van der Waals surface area (Å²) in [6, 6.07) is 7.85. The van der Waals surface area contributed by atoms with E-state index >= 15 is 0 Å². The van der Waals surface area contributed by atoms with Crippen LogP contribution in [-0.4, -0.2) is 41.2 Å². The van der Waals surface area contributed by atoms with Gasteiger partial charge in [0.05, 0.1) is 23.1 Å². The summed E-state index contributed by atoms with van der Waals surface area (Å²) in [5, 5.41) is 9.85. The van der Waals surface area contributed by atoms with Crippen LogP contribution < -0.4 is 5.73 Å². The SMILES string of the molecule is C=C(I)/C=C(\C=C(/C)CN(C)C)c1cc(C(=N)c2cc3ccncc3[nH]2)c(N)cc1C. The number of nitrogen functional groups attached to an aromatic ring is 1. The number of nitrogens with zero attached hydrogens (tertiary/aromatic N) is 2. The molecule has 0 aliphatic carbocycles. The molecule has 0 radical (unpaired) electrons. The van der Waals surface area contributed by atoms with E-state index in [1.807, 2.05) is 31.2 Å². The molecule has 0 saturated heterocycles. The highest BCUT2D eigenvalue weighted by molar-refractivity contribution is 14.1. The van der Waals surface area contributed by atoms with E-state index in [1.165, 1.54) is 5.57 Å². The fraction of sp³-hybridized carbons (Fsp3) is 0.200. The first kappa shape index (κ1) is 23.0. The third-order valence-electron chi connectivity index (χ3n) is 4.95. The topological polar surface area (TPSA) is 81.8 Å². The van der Waals surface area contributed by atoms with Gasteiger partial charge in [0.1, 0.15) is 0 Å². The molecule has 1 aromatic carbocycles. The molecule has 2 heterocycles. The Bertz CT molecular complexity index is 1180. The number of halogens is 1. The van der Waals surface area contributed by atoms with Crippen molar-refractivity contribution in [3.05, 3.63) is 86.9 Å². The second kappa shape index (κ2) is 9.62.